The number of nitrogens with zero attached hydrogens (tertiary/aromatic N) is 1. The minimum atomic E-state index is -0.507. The standard InChI is InChI=1S/C10H12ClIN2O2/c1-10(2,3)14-9(15)16-6-4-5-13-8(11)7(6)12/h4-5H,1-3H3,(H,14,15). The van der Waals surface area contributed by atoms with Crippen molar-refractivity contribution in [1.29, 1.82) is 0 Å². The van der Waals surface area contributed by atoms with E-state index in [1.165, 1.54) is 6.20 Å². The molecule has 16 heavy (non-hydrogen) atoms. The highest BCUT2D eigenvalue weighted by molar-refractivity contribution is 14.1. The molecular formula is C10H12ClIN2O2. The molecule has 1 N–H and O–H groups in total. The van der Waals surface area contributed by atoms with E-state index in [-0.39, 0.29) is 5.54 Å². The van der Waals surface area contributed by atoms with E-state index in [0.717, 1.165) is 0 Å². The molecule has 6 heteroatoms. The van der Waals surface area contributed by atoms with Gasteiger partial charge >= 0.3 is 6.09 Å². The van der Waals surface area contributed by atoms with Gasteiger partial charge in [-0.05, 0) is 43.4 Å². The first-order valence-electron chi connectivity index (χ1n) is 4.59. The van der Waals surface area contributed by atoms with Gasteiger partial charge in [0, 0.05) is 17.8 Å². The highest BCUT2D eigenvalue weighted by Gasteiger charge is 2.16. The average Bonchev–Trinajstić information content (AvgIpc) is 2.09. The minimum Gasteiger partial charge on any atom is -0.409 e. The smallest absolute Gasteiger partial charge is 0.409 e. The number of hydrogen-bond donors (Lipinski definition) is 1. The number of ether oxygens (including phenoxy) is 1. The lowest BCUT2D eigenvalue weighted by atomic mass is 10.1. The Bertz CT molecular complexity index is 404. The summed E-state index contributed by atoms with van der Waals surface area (Å²) in [6.45, 7) is 5.62. The Hall–Kier alpha value is -0.560. The van der Waals surface area contributed by atoms with E-state index in [2.05, 4.69) is 10.3 Å². The summed E-state index contributed by atoms with van der Waals surface area (Å²) in [4.78, 5) is 15.4. The molecule has 1 aromatic heterocycles. The van der Waals surface area contributed by atoms with Gasteiger partial charge in [-0.25, -0.2) is 9.78 Å². The molecule has 88 valence electrons. The van der Waals surface area contributed by atoms with Crippen LogP contribution in [0.5, 0.6) is 5.75 Å². The van der Waals surface area contributed by atoms with E-state index in [9.17, 15) is 4.79 Å². The van der Waals surface area contributed by atoms with Crippen LogP contribution in [0.2, 0.25) is 5.15 Å². The van der Waals surface area contributed by atoms with Crippen LogP contribution in [0.25, 0.3) is 0 Å². The second-order valence-electron chi connectivity index (χ2n) is 4.18. The molecule has 0 unspecified atom stereocenters. The lowest BCUT2D eigenvalue weighted by Gasteiger charge is -2.20. The molecule has 0 aromatic carbocycles. The fraction of sp³-hybridized carbons (Fsp3) is 0.400. The van der Waals surface area contributed by atoms with Gasteiger partial charge in [0.25, 0.3) is 0 Å². The Morgan fingerprint density at radius 3 is 2.75 bits per heavy atom. The minimum absolute atomic E-state index is 0.321. The van der Waals surface area contributed by atoms with Crippen molar-refractivity contribution in [3.05, 3.63) is 21.0 Å². The first kappa shape index (κ1) is 13.5. The molecule has 1 aromatic rings. The molecule has 0 aliphatic rings. The Morgan fingerprint density at radius 2 is 2.19 bits per heavy atom. The number of hydrogen-bond acceptors (Lipinski definition) is 3. The van der Waals surface area contributed by atoms with Crippen LogP contribution in [0.15, 0.2) is 12.3 Å². The molecule has 0 fully saturated rings. The molecule has 0 atom stereocenters. The van der Waals surface area contributed by atoms with Crippen molar-refractivity contribution < 1.29 is 9.53 Å². The van der Waals surface area contributed by atoms with E-state index in [1.807, 2.05) is 43.4 Å². The predicted octanol–water partition coefficient (Wildman–Crippen LogP) is 3.23. The number of carbonyl (C=O) groups is 1. The lowest BCUT2D eigenvalue weighted by molar-refractivity contribution is 0.190. The van der Waals surface area contributed by atoms with Gasteiger partial charge in [-0.2, -0.15) is 0 Å². The average molecular weight is 355 g/mol. The molecule has 0 saturated heterocycles. The molecule has 0 spiro atoms. The number of pyridine rings is 1. The fourth-order valence-corrected chi connectivity index (χ4v) is 1.49. The highest BCUT2D eigenvalue weighted by atomic mass is 127. The molecule has 0 aliphatic carbocycles. The van der Waals surface area contributed by atoms with Crippen molar-refractivity contribution in [2.75, 3.05) is 0 Å². The topological polar surface area (TPSA) is 51.2 Å². The lowest BCUT2D eigenvalue weighted by Crippen LogP contribution is -2.42. The monoisotopic (exact) mass is 354 g/mol. The van der Waals surface area contributed by atoms with Gasteiger partial charge in [0.1, 0.15) is 5.15 Å². The van der Waals surface area contributed by atoms with Crippen molar-refractivity contribution in [1.82, 2.24) is 10.3 Å². The predicted molar refractivity (Wildman–Crippen MR) is 70.9 cm³/mol. The third-order valence-electron chi connectivity index (χ3n) is 1.49. The zero-order chi connectivity index (χ0) is 12.3. The van der Waals surface area contributed by atoms with Crippen LogP contribution >= 0.6 is 34.2 Å². The zero-order valence-electron chi connectivity index (χ0n) is 9.17. The summed E-state index contributed by atoms with van der Waals surface area (Å²) < 4.78 is 5.74. The Kier molecular flexibility index (Phi) is 4.37. The molecule has 0 saturated carbocycles. The van der Waals surface area contributed by atoms with Gasteiger partial charge in [0.05, 0.1) is 3.57 Å². The third-order valence-corrected chi connectivity index (χ3v) is 3.14. The zero-order valence-corrected chi connectivity index (χ0v) is 12.1. The van der Waals surface area contributed by atoms with Crippen LogP contribution < -0.4 is 10.1 Å². The van der Waals surface area contributed by atoms with Crippen molar-refractivity contribution in [3.63, 3.8) is 0 Å². The number of amides is 1. The van der Waals surface area contributed by atoms with E-state index in [4.69, 9.17) is 16.3 Å². The Balaban J connectivity index is 2.74. The van der Waals surface area contributed by atoms with Crippen molar-refractivity contribution in [2.45, 2.75) is 26.3 Å². The summed E-state index contributed by atoms with van der Waals surface area (Å²) in [5.74, 6) is 0.405. The van der Waals surface area contributed by atoms with Crippen molar-refractivity contribution in [2.24, 2.45) is 0 Å². The van der Waals surface area contributed by atoms with Gasteiger partial charge < -0.3 is 10.1 Å². The highest BCUT2D eigenvalue weighted by Crippen LogP contribution is 2.25. The van der Waals surface area contributed by atoms with Crippen LogP contribution in [0.3, 0.4) is 0 Å². The fourth-order valence-electron chi connectivity index (χ4n) is 0.912. The molecular weight excluding hydrogens is 342 g/mol. The molecule has 1 amide bonds. The van der Waals surface area contributed by atoms with Gasteiger partial charge in [-0.3, -0.25) is 0 Å². The molecule has 0 radical (unpaired) electrons. The summed E-state index contributed by atoms with van der Waals surface area (Å²) in [7, 11) is 0. The number of nitrogens with one attached hydrogen (secondary N) is 1. The summed E-state index contributed by atoms with van der Waals surface area (Å²) in [5.41, 5.74) is -0.334. The molecule has 4 nitrogen and oxygen atoms in total. The van der Waals surface area contributed by atoms with Crippen LogP contribution in [0.4, 0.5) is 4.79 Å². The van der Waals surface area contributed by atoms with E-state index in [1.54, 1.807) is 6.07 Å². The second-order valence-corrected chi connectivity index (χ2v) is 5.62. The Labute approximate surface area is 113 Å². The third kappa shape index (κ3) is 4.13. The van der Waals surface area contributed by atoms with E-state index >= 15 is 0 Å². The number of halogens is 2. The SMILES string of the molecule is CC(C)(C)NC(=O)Oc1ccnc(Cl)c1I. The van der Waals surface area contributed by atoms with Crippen LogP contribution in [-0.2, 0) is 0 Å². The first-order chi connectivity index (χ1) is 7.29. The maximum atomic E-state index is 11.5. The van der Waals surface area contributed by atoms with Crippen LogP contribution in [-0.4, -0.2) is 16.6 Å². The van der Waals surface area contributed by atoms with Crippen molar-refractivity contribution in [3.8, 4) is 5.75 Å². The van der Waals surface area contributed by atoms with Gasteiger partial charge in [-0.1, -0.05) is 11.6 Å². The van der Waals surface area contributed by atoms with Crippen molar-refractivity contribution >= 4 is 40.3 Å². The van der Waals surface area contributed by atoms with Gasteiger partial charge in [0.15, 0.2) is 5.75 Å². The van der Waals surface area contributed by atoms with Crippen LogP contribution in [0.1, 0.15) is 20.8 Å². The summed E-state index contributed by atoms with van der Waals surface area (Å²) in [6.07, 6.45) is 0.983. The summed E-state index contributed by atoms with van der Waals surface area (Å²) >= 11 is 7.78. The van der Waals surface area contributed by atoms with Gasteiger partial charge in [-0.15, -0.1) is 0 Å². The number of carbonyl (C=O) groups excluding carboxylic acids is 1. The van der Waals surface area contributed by atoms with Gasteiger partial charge in [0.2, 0.25) is 0 Å². The largest absolute Gasteiger partial charge is 0.413 e. The summed E-state index contributed by atoms with van der Waals surface area (Å²) in [5, 5.41) is 3.01. The Morgan fingerprint density at radius 1 is 1.56 bits per heavy atom. The molecule has 1 rings (SSSR count). The first-order valence-corrected chi connectivity index (χ1v) is 6.05. The maximum absolute atomic E-state index is 11.5. The second kappa shape index (κ2) is 5.18. The van der Waals surface area contributed by atoms with E-state index < -0.39 is 6.09 Å². The summed E-state index contributed by atoms with van der Waals surface area (Å²) in [6, 6.07) is 1.59. The van der Waals surface area contributed by atoms with Crippen LogP contribution in [0, 0.1) is 3.57 Å². The molecule has 0 aliphatic heterocycles. The number of rotatable bonds is 1. The maximum Gasteiger partial charge on any atom is 0.413 e. The quantitative estimate of drug-likeness (QED) is 0.622. The molecule has 0 bridgehead atoms. The normalized spacial score (nSPS) is 11.1. The molecule has 1 heterocycles. The number of aromatic nitrogens is 1. The van der Waals surface area contributed by atoms with E-state index in [0.29, 0.717) is 14.5 Å².